The third-order valence-electron chi connectivity index (χ3n) is 4.16. The van der Waals surface area contributed by atoms with Gasteiger partial charge in [0.15, 0.2) is 0 Å². The van der Waals surface area contributed by atoms with E-state index in [0.29, 0.717) is 6.42 Å². The number of nitrogens with one attached hydrogen (secondary N) is 1. The summed E-state index contributed by atoms with van der Waals surface area (Å²) >= 11 is 0. The quantitative estimate of drug-likeness (QED) is 0.278. The van der Waals surface area contributed by atoms with Gasteiger partial charge in [-0.2, -0.15) is 0 Å². The van der Waals surface area contributed by atoms with Crippen LogP contribution in [0.2, 0.25) is 0 Å². The Morgan fingerprint density at radius 1 is 0.905 bits per heavy atom. The summed E-state index contributed by atoms with van der Waals surface area (Å²) in [5.74, 6) is -1.35. The summed E-state index contributed by atoms with van der Waals surface area (Å²) in [5.41, 5.74) is 0. The first-order valence-electron chi connectivity index (χ1n) is 8.78. The maximum Gasteiger partial charge on any atom is 0.309 e. The van der Waals surface area contributed by atoms with E-state index in [9.17, 15) is 15.4 Å². The van der Waals surface area contributed by atoms with Crippen molar-refractivity contribution in [3.63, 3.8) is 0 Å². The van der Waals surface area contributed by atoms with E-state index in [1.807, 2.05) is 6.92 Å². The molecule has 2 unspecified atom stereocenters. The molecule has 0 amide bonds. The van der Waals surface area contributed by atoms with E-state index in [2.05, 4.69) is 13.8 Å². The van der Waals surface area contributed by atoms with Gasteiger partial charge in [0.1, 0.15) is 0 Å². The minimum absolute atomic E-state index is 0.212. The Morgan fingerprint density at radius 2 is 1.33 bits per heavy atom. The molecule has 4 nitrogen and oxygen atoms in total. The molecule has 0 aliphatic carbocycles. The van der Waals surface area contributed by atoms with Crippen molar-refractivity contribution >= 4 is 0 Å². The minimum atomic E-state index is -2.17. The molecule has 128 valence electrons. The molecule has 0 bridgehead atoms. The minimum Gasteiger partial charge on any atom is -0.630 e. The summed E-state index contributed by atoms with van der Waals surface area (Å²) in [5, 5.41) is 30.1. The maximum atomic E-state index is 11.8. The third kappa shape index (κ3) is 11.1. The molecule has 2 atom stereocenters. The van der Waals surface area contributed by atoms with Crippen LogP contribution in [0.15, 0.2) is 0 Å². The summed E-state index contributed by atoms with van der Waals surface area (Å²) in [6.45, 7) is 7.64. The zero-order chi connectivity index (χ0) is 16.3. The van der Waals surface area contributed by atoms with Gasteiger partial charge in [-0.1, -0.05) is 65.7 Å². The standard InChI is InChI=1S/C17H37NO3/c1-5-16(18(21)17(4,19)20)14-12-10-8-6-7-9-11-13-15(2)3/h15-16,18-20H,5-14H2,1-4H3. The van der Waals surface area contributed by atoms with Gasteiger partial charge in [0.05, 0.1) is 6.04 Å². The largest absolute Gasteiger partial charge is 0.630 e. The van der Waals surface area contributed by atoms with E-state index < -0.39 is 11.0 Å². The van der Waals surface area contributed by atoms with Gasteiger partial charge in [0.25, 0.3) is 0 Å². The first-order chi connectivity index (χ1) is 9.79. The van der Waals surface area contributed by atoms with Crippen LogP contribution in [0.5, 0.6) is 0 Å². The second-order valence-corrected chi connectivity index (χ2v) is 6.94. The lowest BCUT2D eigenvalue weighted by Gasteiger charge is -2.37. The first-order valence-corrected chi connectivity index (χ1v) is 8.78. The van der Waals surface area contributed by atoms with Gasteiger partial charge in [-0.15, -0.1) is 0 Å². The molecule has 0 fully saturated rings. The fourth-order valence-electron chi connectivity index (χ4n) is 2.73. The Bertz CT molecular complexity index is 239. The van der Waals surface area contributed by atoms with Crippen LogP contribution < -0.4 is 5.06 Å². The van der Waals surface area contributed by atoms with Crippen LogP contribution in [0.4, 0.5) is 0 Å². The molecule has 3 N–H and O–H groups in total. The van der Waals surface area contributed by atoms with Gasteiger partial charge in [0, 0.05) is 6.92 Å². The van der Waals surface area contributed by atoms with Crippen molar-refractivity contribution < 1.29 is 15.3 Å². The van der Waals surface area contributed by atoms with Gasteiger partial charge >= 0.3 is 5.91 Å². The average molecular weight is 303 g/mol. The zero-order valence-electron chi connectivity index (χ0n) is 14.5. The highest BCUT2D eigenvalue weighted by Gasteiger charge is 2.29. The average Bonchev–Trinajstić information content (AvgIpc) is 2.39. The van der Waals surface area contributed by atoms with E-state index in [4.69, 9.17) is 0 Å². The number of hydrogen-bond donors (Lipinski definition) is 3. The third-order valence-corrected chi connectivity index (χ3v) is 4.16. The highest BCUT2D eigenvalue weighted by atomic mass is 16.6. The lowest BCUT2D eigenvalue weighted by molar-refractivity contribution is -0.983. The normalized spacial score (nSPS) is 15.4. The van der Waals surface area contributed by atoms with Crippen LogP contribution in [0.1, 0.15) is 91.9 Å². The number of quaternary nitrogens is 1. The number of unbranched alkanes of at least 4 members (excludes halogenated alkanes) is 6. The molecule has 0 rings (SSSR count). The van der Waals surface area contributed by atoms with E-state index in [1.54, 1.807) is 0 Å². The maximum absolute atomic E-state index is 11.8. The van der Waals surface area contributed by atoms with Crippen molar-refractivity contribution in [3.8, 4) is 0 Å². The van der Waals surface area contributed by atoms with Crippen molar-refractivity contribution in [2.24, 2.45) is 5.92 Å². The smallest absolute Gasteiger partial charge is 0.309 e. The molecular weight excluding hydrogens is 266 g/mol. The summed E-state index contributed by atoms with van der Waals surface area (Å²) in [7, 11) is 0. The lowest BCUT2D eigenvalue weighted by atomic mass is 10.0. The molecule has 0 heterocycles. The molecule has 21 heavy (non-hydrogen) atoms. The molecule has 0 aliphatic rings. The first kappa shape index (κ1) is 20.8. The molecule has 0 aromatic heterocycles. The van der Waals surface area contributed by atoms with Crippen molar-refractivity contribution in [3.05, 3.63) is 5.21 Å². The molecule has 0 aromatic rings. The second-order valence-electron chi connectivity index (χ2n) is 6.94. The molecule has 0 radical (unpaired) electrons. The second kappa shape index (κ2) is 11.4. The molecule has 0 aliphatic heterocycles. The van der Waals surface area contributed by atoms with Crippen LogP contribution in [-0.2, 0) is 0 Å². The van der Waals surface area contributed by atoms with E-state index in [0.717, 1.165) is 32.1 Å². The van der Waals surface area contributed by atoms with Crippen molar-refractivity contribution in [2.75, 3.05) is 0 Å². The Balaban J connectivity index is 3.56. The van der Waals surface area contributed by atoms with Crippen LogP contribution >= 0.6 is 0 Å². The Kier molecular flexibility index (Phi) is 11.3. The zero-order valence-corrected chi connectivity index (χ0v) is 14.5. The number of hydrogen-bond acceptors (Lipinski definition) is 3. The van der Waals surface area contributed by atoms with Crippen molar-refractivity contribution in [1.82, 2.24) is 0 Å². The highest BCUT2D eigenvalue weighted by molar-refractivity contribution is 4.57. The van der Waals surface area contributed by atoms with Gasteiger partial charge < -0.3 is 20.5 Å². The topological polar surface area (TPSA) is 68.0 Å². The van der Waals surface area contributed by atoms with Crippen LogP contribution in [0.25, 0.3) is 0 Å². The van der Waals surface area contributed by atoms with Crippen LogP contribution in [-0.4, -0.2) is 22.2 Å². The molecular formula is C17H37NO3. The summed E-state index contributed by atoms with van der Waals surface area (Å²) in [6, 6.07) is -0.212. The van der Waals surface area contributed by atoms with Crippen molar-refractivity contribution in [2.45, 2.75) is 104 Å². The molecule has 0 aromatic carbocycles. The highest BCUT2D eigenvalue weighted by Crippen LogP contribution is 2.13. The lowest BCUT2D eigenvalue weighted by Crippen LogP contribution is -3.19. The number of aliphatic hydroxyl groups is 2. The molecule has 0 saturated heterocycles. The predicted octanol–water partition coefficient (Wildman–Crippen LogP) is 2.97. The molecule has 4 heteroatoms. The Hall–Kier alpha value is -0.160. The summed E-state index contributed by atoms with van der Waals surface area (Å²) in [4.78, 5) is 0. The fraction of sp³-hybridized carbons (Fsp3) is 1.00. The Labute approximate surface area is 131 Å². The monoisotopic (exact) mass is 303 g/mol. The number of rotatable bonds is 13. The fourth-order valence-corrected chi connectivity index (χ4v) is 2.73. The summed E-state index contributed by atoms with van der Waals surface area (Å²) in [6.07, 6.45) is 11.4. The van der Waals surface area contributed by atoms with E-state index in [-0.39, 0.29) is 6.04 Å². The van der Waals surface area contributed by atoms with Crippen LogP contribution in [0.3, 0.4) is 0 Å². The Morgan fingerprint density at radius 3 is 1.71 bits per heavy atom. The van der Waals surface area contributed by atoms with Crippen LogP contribution in [0, 0.1) is 11.1 Å². The van der Waals surface area contributed by atoms with Crippen molar-refractivity contribution in [1.29, 1.82) is 0 Å². The summed E-state index contributed by atoms with van der Waals surface area (Å²) < 4.78 is 0. The van der Waals surface area contributed by atoms with Gasteiger partial charge in [0.2, 0.25) is 0 Å². The molecule has 0 spiro atoms. The predicted molar refractivity (Wildman–Crippen MR) is 87.6 cm³/mol. The SMILES string of the molecule is CCC(CCCCCCCCCC(C)C)[NH+]([O-])C(C)(O)O. The van der Waals surface area contributed by atoms with Gasteiger partial charge in [-0.25, -0.2) is 0 Å². The molecule has 0 saturated carbocycles. The number of hydroxylamine groups is 2. The van der Waals surface area contributed by atoms with E-state index in [1.165, 1.54) is 38.5 Å². The van der Waals surface area contributed by atoms with Gasteiger partial charge in [-0.05, 0) is 25.2 Å². The van der Waals surface area contributed by atoms with Gasteiger partial charge in [-0.3, -0.25) is 0 Å². The van der Waals surface area contributed by atoms with E-state index >= 15 is 0 Å².